The summed E-state index contributed by atoms with van der Waals surface area (Å²) >= 11 is 0. The number of furan rings is 1. The highest BCUT2D eigenvalue weighted by atomic mass is 16.3. The molecule has 1 N–H and O–H groups in total. The van der Waals surface area contributed by atoms with E-state index in [0.29, 0.717) is 0 Å². The summed E-state index contributed by atoms with van der Waals surface area (Å²) in [4.78, 5) is 0. The topological polar surface area (TPSA) is 25.2 Å². The van der Waals surface area contributed by atoms with Crippen LogP contribution in [0.25, 0.3) is 11.0 Å². The smallest absolute Gasteiger partial charge is 0.134 e. The van der Waals surface area contributed by atoms with Crippen LogP contribution in [-0.4, -0.2) is 6.54 Å². The molecule has 0 saturated carbocycles. The molecule has 2 aromatic rings. The van der Waals surface area contributed by atoms with Crippen molar-refractivity contribution < 1.29 is 4.42 Å². The van der Waals surface area contributed by atoms with Crippen molar-refractivity contribution in [3.05, 3.63) is 36.1 Å². The van der Waals surface area contributed by atoms with Crippen LogP contribution >= 0.6 is 0 Å². The van der Waals surface area contributed by atoms with E-state index in [0.717, 1.165) is 18.7 Å². The molecule has 0 unspecified atom stereocenters. The summed E-state index contributed by atoms with van der Waals surface area (Å²) in [6.45, 7) is 4.27. The van der Waals surface area contributed by atoms with Crippen molar-refractivity contribution >= 4 is 11.0 Å². The van der Waals surface area contributed by atoms with Crippen molar-refractivity contribution in [2.45, 2.75) is 52.0 Å². The summed E-state index contributed by atoms with van der Waals surface area (Å²) in [5.41, 5.74) is 2.25. The van der Waals surface area contributed by atoms with Gasteiger partial charge in [-0.3, -0.25) is 0 Å². The van der Waals surface area contributed by atoms with Gasteiger partial charge >= 0.3 is 0 Å². The predicted octanol–water partition coefficient (Wildman–Crippen LogP) is 4.88. The molecule has 0 aliphatic rings. The lowest BCUT2D eigenvalue weighted by Crippen LogP contribution is -2.14. The highest BCUT2D eigenvalue weighted by Crippen LogP contribution is 2.20. The Bertz CT molecular complexity index is 475. The van der Waals surface area contributed by atoms with E-state index < -0.39 is 0 Å². The summed E-state index contributed by atoms with van der Waals surface area (Å²) in [6, 6.07) is 8.22. The van der Waals surface area contributed by atoms with Crippen LogP contribution in [-0.2, 0) is 6.54 Å². The molecule has 1 aromatic heterocycles. The van der Waals surface area contributed by atoms with Gasteiger partial charge in [0.05, 0.1) is 6.26 Å². The third kappa shape index (κ3) is 4.39. The zero-order valence-corrected chi connectivity index (χ0v) is 12.0. The molecular formula is C17H25NO. The van der Waals surface area contributed by atoms with Crippen LogP contribution in [0.4, 0.5) is 0 Å². The highest BCUT2D eigenvalue weighted by molar-refractivity contribution is 5.80. The minimum absolute atomic E-state index is 0.909. The number of unbranched alkanes of at least 4 members (excludes halogenated alkanes) is 5. The van der Waals surface area contributed by atoms with Crippen LogP contribution < -0.4 is 5.32 Å². The van der Waals surface area contributed by atoms with Gasteiger partial charge in [-0.2, -0.15) is 0 Å². The van der Waals surface area contributed by atoms with Crippen molar-refractivity contribution in [1.82, 2.24) is 5.32 Å². The Morgan fingerprint density at radius 3 is 2.68 bits per heavy atom. The Labute approximate surface area is 116 Å². The molecule has 0 fully saturated rings. The average molecular weight is 259 g/mol. The molecule has 0 aliphatic heterocycles. The first-order valence-electron chi connectivity index (χ1n) is 7.57. The second kappa shape index (κ2) is 8.00. The van der Waals surface area contributed by atoms with E-state index in [1.54, 1.807) is 0 Å². The quantitative estimate of drug-likeness (QED) is 0.649. The molecule has 0 radical (unpaired) electrons. The Morgan fingerprint density at radius 2 is 1.79 bits per heavy atom. The van der Waals surface area contributed by atoms with Crippen molar-refractivity contribution in [3.63, 3.8) is 0 Å². The number of fused-ring (bicyclic) bond motifs is 1. The second-order valence-corrected chi connectivity index (χ2v) is 5.20. The Balaban J connectivity index is 1.63. The number of hydrogen-bond acceptors (Lipinski definition) is 2. The minimum Gasteiger partial charge on any atom is -0.464 e. The first-order valence-corrected chi connectivity index (χ1v) is 7.57. The first-order chi connectivity index (χ1) is 9.42. The molecule has 104 valence electrons. The normalized spacial score (nSPS) is 11.2. The van der Waals surface area contributed by atoms with Gasteiger partial charge in [-0.05, 0) is 19.0 Å². The third-order valence-corrected chi connectivity index (χ3v) is 3.58. The Hall–Kier alpha value is -1.28. The van der Waals surface area contributed by atoms with Crippen LogP contribution in [0.1, 0.15) is 51.0 Å². The monoisotopic (exact) mass is 259 g/mol. The van der Waals surface area contributed by atoms with Crippen LogP contribution in [0.3, 0.4) is 0 Å². The number of para-hydroxylation sites is 1. The SMILES string of the molecule is CCCCCCCCNCc1coc2ccccc12. The van der Waals surface area contributed by atoms with Gasteiger partial charge in [-0.15, -0.1) is 0 Å². The molecule has 0 bridgehead atoms. The van der Waals surface area contributed by atoms with E-state index in [-0.39, 0.29) is 0 Å². The molecule has 2 rings (SSSR count). The number of hydrogen-bond donors (Lipinski definition) is 1. The summed E-state index contributed by atoms with van der Waals surface area (Å²) < 4.78 is 5.53. The molecule has 0 aliphatic carbocycles. The average Bonchev–Trinajstić information content (AvgIpc) is 2.85. The molecule has 0 amide bonds. The second-order valence-electron chi connectivity index (χ2n) is 5.20. The molecule has 0 saturated heterocycles. The molecule has 0 atom stereocenters. The summed E-state index contributed by atoms with van der Waals surface area (Å²) in [6.07, 6.45) is 9.98. The van der Waals surface area contributed by atoms with Gasteiger partial charge in [0, 0.05) is 17.5 Å². The Kier molecular flexibility index (Phi) is 5.96. The van der Waals surface area contributed by atoms with Crippen molar-refractivity contribution in [3.8, 4) is 0 Å². The van der Waals surface area contributed by atoms with E-state index in [4.69, 9.17) is 4.42 Å². The first kappa shape index (κ1) is 14.1. The van der Waals surface area contributed by atoms with E-state index in [9.17, 15) is 0 Å². The number of benzene rings is 1. The Morgan fingerprint density at radius 1 is 1.00 bits per heavy atom. The lowest BCUT2D eigenvalue weighted by atomic mass is 10.1. The molecule has 1 heterocycles. The van der Waals surface area contributed by atoms with Crippen molar-refractivity contribution in [1.29, 1.82) is 0 Å². The fraction of sp³-hybridized carbons (Fsp3) is 0.529. The van der Waals surface area contributed by atoms with Crippen LogP contribution in [0, 0.1) is 0 Å². The molecular weight excluding hydrogens is 234 g/mol. The molecule has 1 aromatic carbocycles. The minimum atomic E-state index is 0.909. The lowest BCUT2D eigenvalue weighted by molar-refractivity contribution is 0.566. The fourth-order valence-electron chi connectivity index (χ4n) is 2.42. The van der Waals surface area contributed by atoms with Gasteiger partial charge in [0.1, 0.15) is 5.58 Å². The van der Waals surface area contributed by atoms with Crippen molar-refractivity contribution in [2.24, 2.45) is 0 Å². The zero-order chi connectivity index (χ0) is 13.3. The van der Waals surface area contributed by atoms with Gasteiger partial charge in [-0.25, -0.2) is 0 Å². The molecule has 19 heavy (non-hydrogen) atoms. The van der Waals surface area contributed by atoms with E-state index >= 15 is 0 Å². The molecule has 2 heteroatoms. The maximum Gasteiger partial charge on any atom is 0.134 e. The van der Waals surface area contributed by atoms with E-state index in [1.165, 1.54) is 49.5 Å². The summed E-state index contributed by atoms with van der Waals surface area (Å²) in [7, 11) is 0. The van der Waals surface area contributed by atoms with E-state index in [2.05, 4.69) is 24.4 Å². The summed E-state index contributed by atoms with van der Waals surface area (Å²) in [5.74, 6) is 0. The summed E-state index contributed by atoms with van der Waals surface area (Å²) in [5, 5.41) is 4.75. The van der Waals surface area contributed by atoms with Crippen molar-refractivity contribution in [2.75, 3.05) is 6.54 Å². The highest BCUT2D eigenvalue weighted by Gasteiger charge is 2.03. The largest absolute Gasteiger partial charge is 0.464 e. The lowest BCUT2D eigenvalue weighted by Gasteiger charge is -2.03. The fourth-order valence-corrected chi connectivity index (χ4v) is 2.42. The third-order valence-electron chi connectivity index (χ3n) is 3.58. The number of rotatable bonds is 9. The van der Waals surface area contributed by atoms with Gasteiger partial charge < -0.3 is 9.73 Å². The predicted molar refractivity (Wildman–Crippen MR) is 81.3 cm³/mol. The van der Waals surface area contributed by atoms with Crippen LogP contribution in [0.5, 0.6) is 0 Å². The standard InChI is InChI=1S/C17H25NO/c1-2-3-4-5-6-9-12-18-13-15-14-19-17-11-8-7-10-16(15)17/h7-8,10-11,14,18H,2-6,9,12-13H2,1H3. The van der Waals surface area contributed by atoms with Gasteiger partial charge in [0.15, 0.2) is 0 Å². The molecule has 0 spiro atoms. The number of nitrogens with one attached hydrogen (secondary N) is 1. The zero-order valence-electron chi connectivity index (χ0n) is 12.0. The van der Waals surface area contributed by atoms with Crippen LogP contribution in [0.15, 0.2) is 34.9 Å². The van der Waals surface area contributed by atoms with Gasteiger partial charge in [0.2, 0.25) is 0 Å². The van der Waals surface area contributed by atoms with Gasteiger partial charge in [-0.1, -0.05) is 57.2 Å². The maximum atomic E-state index is 5.53. The maximum absolute atomic E-state index is 5.53. The van der Waals surface area contributed by atoms with E-state index in [1.807, 2.05) is 18.4 Å². The van der Waals surface area contributed by atoms with Gasteiger partial charge in [0.25, 0.3) is 0 Å². The van der Waals surface area contributed by atoms with Crippen LogP contribution in [0.2, 0.25) is 0 Å². The molecule has 2 nitrogen and oxygen atoms in total.